The van der Waals surface area contributed by atoms with Gasteiger partial charge in [-0.2, -0.15) is 10.5 Å². The number of hydrogen-bond donors (Lipinski definition) is 1. The number of nitrogens with zero attached hydrogens (tertiary/aromatic N) is 6. The molecule has 0 fully saturated rings. The van der Waals surface area contributed by atoms with Crippen LogP contribution in [-0.2, 0) is 0 Å². The van der Waals surface area contributed by atoms with E-state index in [1.165, 1.54) is 18.3 Å². The van der Waals surface area contributed by atoms with Crippen LogP contribution in [0, 0.1) is 35.8 Å². The molecule has 0 atom stereocenters. The van der Waals surface area contributed by atoms with Gasteiger partial charge in [0.25, 0.3) is 0 Å². The van der Waals surface area contributed by atoms with Crippen LogP contribution in [0.3, 0.4) is 0 Å². The number of aromatic nitrogens is 2. The van der Waals surface area contributed by atoms with Gasteiger partial charge in [0.15, 0.2) is 0 Å². The third-order valence-electron chi connectivity index (χ3n) is 2.30. The van der Waals surface area contributed by atoms with Crippen LogP contribution in [-0.4, -0.2) is 9.97 Å². The number of anilines is 1. The molecule has 2 aromatic rings. The van der Waals surface area contributed by atoms with E-state index in [4.69, 9.17) is 52.6 Å². The molecule has 9 heteroatoms. The predicted octanol–water partition coefficient (Wildman–Crippen LogP) is 3.90. The molecular weight excluding hydrogens is 337 g/mol. The van der Waals surface area contributed by atoms with Crippen molar-refractivity contribution in [2.24, 2.45) is 0 Å². The Labute approximate surface area is 141 Å². The summed E-state index contributed by atoms with van der Waals surface area (Å²) in [5.74, 6) is 0.0500. The third kappa shape index (κ3) is 4.56. The standard InChI is InChI=1S/C7H3ClN4.C7H2ClN3/c1-11-5-2-4(3-9)6(8)12-7(5)10;1-10-6-2-5(3-9)7(8)11-4-6/h2H,(H2,10,12);2,4H. The van der Waals surface area contributed by atoms with Crippen LogP contribution in [0.25, 0.3) is 9.69 Å². The van der Waals surface area contributed by atoms with Crippen LogP contribution >= 0.6 is 23.2 Å². The second-order valence-electron chi connectivity index (χ2n) is 3.71. The Hall–Kier alpha value is -3.36. The fourth-order valence-electron chi connectivity index (χ4n) is 1.24. The quantitative estimate of drug-likeness (QED) is 0.577. The van der Waals surface area contributed by atoms with Crippen LogP contribution < -0.4 is 5.73 Å². The lowest BCUT2D eigenvalue weighted by Crippen LogP contribution is -1.92. The maximum atomic E-state index is 8.51. The molecule has 0 bridgehead atoms. The number of halogens is 2. The molecule has 2 heterocycles. The molecule has 0 amide bonds. The second-order valence-corrected chi connectivity index (χ2v) is 4.43. The molecule has 0 unspecified atom stereocenters. The van der Waals surface area contributed by atoms with Crippen molar-refractivity contribution in [2.75, 3.05) is 5.73 Å². The van der Waals surface area contributed by atoms with Crippen molar-refractivity contribution in [3.8, 4) is 12.1 Å². The fourth-order valence-corrected chi connectivity index (χ4v) is 1.57. The average Bonchev–Trinajstić information content (AvgIpc) is 2.56. The Morgan fingerprint density at radius 1 is 1.04 bits per heavy atom. The van der Waals surface area contributed by atoms with Gasteiger partial charge in [0.05, 0.1) is 24.3 Å². The van der Waals surface area contributed by atoms with Crippen LogP contribution in [0.5, 0.6) is 0 Å². The van der Waals surface area contributed by atoms with E-state index >= 15 is 0 Å². The van der Waals surface area contributed by atoms with Gasteiger partial charge in [-0.3, -0.25) is 4.98 Å². The Balaban J connectivity index is 0.000000231. The highest BCUT2D eigenvalue weighted by Crippen LogP contribution is 2.25. The normalized spacial score (nSPS) is 8.43. The van der Waals surface area contributed by atoms with Crippen LogP contribution in [0.4, 0.5) is 17.2 Å². The van der Waals surface area contributed by atoms with E-state index in [1.807, 2.05) is 6.07 Å². The zero-order chi connectivity index (χ0) is 17.4. The fraction of sp³-hybridized carbons (Fsp3) is 0. The number of rotatable bonds is 0. The van der Waals surface area contributed by atoms with Gasteiger partial charge in [0.2, 0.25) is 11.4 Å². The maximum absolute atomic E-state index is 8.51. The molecule has 2 rings (SSSR count). The number of nitrogens with two attached hydrogens (primary N) is 1. The van der Waals surface area contributed by atoms with Gasteiger partial charge in [-0.05, 0) is 12.1 Å². The van der Waals surface area contributed by atoms with E-state index < -0.39 is 0 Å². The van der Waals surface area contributed by atoms with Gasteiger partial charge in [0.1, 0.15) is 28.3 Å². The smallest absolute Gasteiger partial charge is 0.229 e. The topological polar surface area (TPSA) is 108 Å². The van der Waals surface area contributed by atoms with Crippen molar-refractivity contribution in [1.29, 1.82) is 10.5 Å². The van der Waals surface area contributed by atoms with Crippen LogP contribution in [0.15, 0.2) is 18.3 Å². The van der Waals surface area contributed by atoms with Crippen molar-refractivity contribution >= 4 is 40.4 Å². The highest BCUT2D eigenvalue weighted by atomic mass is 35.5. The van der Waals surface area contributed by atoms with Crippen molar-refractivity contribution < 1.29 is 0 Å². The number of pyridine rings is 2. The molecule has 23 heavy (non-hydrogen) atoms. The minimum absolute atomic E-state index is 0.0300. The molecule has 0 aliphatic heterocycles. The summed E-state index contributed by atoms with van der Waals surface area (Å²) < 4.78 is 0. The first kappa shape index (κ1) is 17.7. The van der Waals surface area contributed by atoms with Gasteiger partial charge in [-0.15, -0.1) is 0 Å². The van der Waals surface area contributed by atoms with Crippen molar-refractivity contribution in [2.45, 2.75) is 0 Å². The Morgan fingerprint density at radius 3 is 2.17 bits per heavy atom. The lowest BCUT2D eigenvalue weighted by Gasteiger charge is -1.98. The lowest BCUT2D eigenvalue weighted by atomic mass is 10.3. The summed E-state index contributed by atoms with van der Waals surface area (Å²) in [5.41, 5.74) is 6.21. The minimum atomic E-state index is 0.0300. The summed E-state index contributed by atoms with van der Waals surface area (Å²) in [4.78, 5) is 13.4. The summed E-state index contributed by atoms with van der Waals surface area (Å²) in [5, 5.41) is 17.1. The van der Waals surface area contributed by atoms with Crippen LogP contribution in [0.2, 0.25) is 10.3 Å². The zero-order valence-corrected chi connectivity index (χ0v) is 12.8. The first-order chi connectivity index (χ1) is 11.0. The maximum Gasteiger partial charge on any atom is 0.229 e. The van der Waals surface area contributed by atoms with Crippen molar-refractivity contribution in [1.82, 2.24) is 9.97 Å². The highest BCUT2D eigenvalue weighted by molar-refractivity contribution is 6.31. The van der Waals surface area contributed by atoms with E-state index in [0.717, 1.165) is 0 Å². The minimum Gasteiger partial charge on any atom is -0.392 e. The summed E-state index contributed by atoms with van der Waals surface area (Å²) in [6.07, 6.45) is 1.33. The first-order valence-corrected chi connectivity index (χ1v) is 6.39. The average molecular weight is 342 g/mol. The molecule has 0 aliphatic carbocycles. The molecule has 0 saturated carbocycles. The highest BCUT2D eigenvalue weighted by Gasteiger charge is 2.06. The van der Waals surface area contributed by atoms with Gasteiger partial charge in [-0.25, -0.2) is 14.7 Å². The monoisotopic (exact) mass is 341 g/mol. The van der Waals surface area contributed by atoms with Gasteiger partial charge < -0.3 is 5.73 Å². The van der Waals surface area contributed by atoms with E-state index in [0.29, 0.717) is 5.69 Å². The second kappa shape index (κ2) is 8.17. The summed E-state index contributed by atoms with van der Waals surface area (Å²) in [6, 6.07) is 6.36. The first-order valence-electron chi connectivity index (χ1n) is 5.63. The predicted molar refractivity (Wildman–Crippen MR) is 84.9 cm³/mol. The van der Waals surface area contributed by atoms with Crippen molar-refractivity contribution in [3.63, 3.8) is 0 Å². The molecule has 7 nitrogen and oxygen atoms in total. The van der Waals surface area contributed by atoms with Gasteiger partial charge in [-0.1, -0.05) is 23.2 Å². The van der Waals surface area contributed by atoms with Gasteiger partial charge in [0, 0.05) is 6.20 Å². The van der Waals surface area contributed by atoms with Crippen LogP contribution in [0.1, 0.15) is 11.1 Å². The SMILES string of the molecule is [C-]#[N+]c1cc(C#N)c(Cl)nc1N.[C-]#[N+]c1cnc(Cl)c(C#N)c1. The molecule has 0 radical (unpaired) electrons. The molecule has 2 aromatic heterocycles. The molecule has 110 valence electrons. The lowest BCUT2D eigenvalue weighted by molar-refractivity contribution is 1.31. The molecular formula is C14H5Cl2N7. The molecule has 0 aliphatic rings. The van der Waals surface area contributed by atoms with E-state index in [2.05, 4.69) is 19.7 Å². The number of nitrogen functional groups attached to an aromatic ring is 1. The van der Waals surface area contributed by atoms with E-state index in [9.17, 15) is 0 Å². The third-order valence-corrected chi connectivity index (χ3v) is 2.89. The molecule has 0 aromatic carbocycles. The summed E-state index contributed by atoms with van der Waals surface area (Å²) in [7, 11) is 0. The number of hydrogen-bond acceptors (Lipinski definition) is 5. The van der Waals surface area contributed by atoms with Crippen molar-refractivity contribution in [3.05, 3.63) is 62.6 Å². The molecule has 0 saturated heterocycles. The van der Waals surface area contributed by atoms with Gasteiger partial charge >= 0.3 is 0 Å². The Kier molecular flexibility index (Phi) is 6.29. The Bertz CT molecular complexity index is 876. The van der Waals surface area contributed by atoms with E-state index in [1.54, 1.807) is 6.07 Å². The number of nitriles is 2. The molecule has 2 N–H and O–H groups in total. The largest absolute Gasteiger partial charge is 0.392 e. The van der Waals surface area contributed by atoms with E-state index in [-0.39, 0.29) is 32.9 Å². The molecule has 0 spiro atoms. The summed E-state index contributed by atoms with van der Waals surface area (Å²) >= 11 is 11.1. The zero-order valence-electron chi connectivity index (χ0n) is 11.2. The Morgan fingerprint density at radius 2 is 1.65 bits per heavy atom. The summed E-state index contributed by atoms with van der Waals surface area (Å²) in [6.45, 7) is 13.3.